The normalized spacial score (nSPS) is 31.6. The number of benzene rings is 1. The van der Waals surface area contributed by atoms with Gasteiger partial charge in [0.1, 0.15) is 0 Å². The molecule has 1 aromatic rings. The highest BCUT2D eigenvalue weighted by Gasteiger charge is 2.28. The molecule has 3 rings (SSSR count). The second kappa shape index (κ2) is 9.76. The minimum atomic E-state index is -0.254. The third kappa shape index (κ3) is 5.58. The fourth-order valence-electron chi connectivity index (χ4n) is 5.40. The molecule has 2 aliphatic carbocycles. The molecule has 1 aromatic carbocycles. The maximum absolute atomic E-state index is 10.6. The van der Waals surface area contributed by atoms with Crippen molar-refractivity contribution in [3.05, 3.63) is 35.9 Å². The predicted molar refractivity (Wildman–Crippen MR) is 106 cm³/mol. The van der Waals surface area contributed by atoms with Crippen molar-refractivity contribution in [3.63, 3.8) is 0 Å². The molecule has 1 heteroatoms. The first-order chi connectivity index (χ1) is 12.3. The van der Waals surface area contributed by atoms with Gasteiger partial charge < -0.3 is 5.11 Å². The van der Waals surface area contributed by atoms with Gasteiger partial charge in [0.2, 0.25) is 0 Å². The van der Waals surface area contributed by atoms with Gasteiger partial charge in [0.25, 0.3) is 0 Å². The molecule has 140 valence electrons. The molecule has 25 heavy (non-hydrogen) atoms. The summed E-state index contributed by atoms with van der Waals surface area (Å²) in [6, 6.07) is 10.3. The Bertz CT molecular complexity index is 466. The van der Waals surface area contributed by atoms with Crippen LogP contribution in [0, 0.1) is 23.7 Å². The SMILES string of the molecule is CCCC1CCC(CCC2CCC(C(O)c3ccccc3)CC2)CC1. The van der Waals surface area contributed by atoms with Crippen LogP contribution in [0.1, 0.15) is 95.6 Å². The summed E-state index contributed by atoms with van der Waals surface area (Å²) in [6.07, 6.45) is 16.5. The van der Waals surface area contributed by atoms with E-state index in [0.29, 0.717) is 5.92 Å². The largest absolute Gasteiger partial charge is 0.388 e. The Morgan fingerprint density at radius 1 is 0.760 bits per heavy atom. The average Bonchev–Trinajstić information content (AvgIpc) is 2.68. The van der Waals surface area contributed by atoms with Crippen LogP contribution < -0.4 is 0 Å². The van der Waals surface area contributed by atoms with Gasteiger partial charge in [0.15, 0.2) is 0 Å². The Hall–Kier alpha value is -0.820. The molecular weight excluding hydrogens is 304 g/mol. The summed E-state index contributed by atoms with van der Waals surface area (Å²) in [6.45, 7) is 2.33. The molecule has 2 fully saturated rings. The average molecular weight is 343 g/mol. The van der Waals surface area contributed by atoms with Gasteiger partial charge in [-0.3, -0.25) is 0 Å². The summed E-state index contributed by atoms with van der Waals surface area (Å²) in [5.41, 5.74) is 1.11. The number of hydrogen-bond acceptors (Lipinski definition) is 1. The third-order valence-electron chi connectivity index (χ3n) is 7.13. The maximum Gasteiger partial charge on any atom is 0.0818 e. The van der Waals surface area contributed by atoms with Gasteiger partial charge in [-0.1, -0.05) is 101 Å². The van der Waals surface area contributed by atoms with Crippen molar-refractivity contribution < 1.29 is 5.11 Å². The zero-order valence-electron chi connectivity index (χ0n) is 16.2. The van der Waals surface area contributed by atoms with E-state index in [1.54, 1.807) is 0 Å². The van der Waals surface area contributed by atoms with Crippen LogP contribution >= 0.6 is 0 Å². The lowest BCUT2D eigenvalue weighted by molar-refractivity contribution is 0.0708. The van der Waals surface area contributed by atoms with Crippen LogP contribution in [-0.4, -0.2) is 5.11 Å². The molecule has 0 aliphatic heterocycles. The Labute approximate surface area is 155 Å². The molecule has 0 amide bonds. The topological polar surface area (TPSA) is 20.2 Å². The molecule has 1 unspecified atom stereocenters. The molecule has 2 saturated carbocycles. The van der Waals surface area contributed by atoms with Crippen LogP contribution in [0.3, 0.4) is 0 Å². The van der Waals surface area contributed by atoms with Crippen molar-refractivity contribution in [1.82, 2.24) is 0 Å². The first-order valence-corrected chi connectivity index (χ1v) is 11.0. The lowest BCUT2D eigenvalue weighted by atomic mass is 9.73. The molecule has 1 nitrogen and oxygen atoms in total. The van der Waals surface area contributed by atoms with Gasteiger partial charge in [-0.2, -0.15) is 0 Å². The highest BCUT2D eigenvalue weighted by molar-refractivity contribution is 5.18. The van der Waals surface area contributed by atoms with Gasteiger partial charge in [0.05, 0.1) is 6.10 Å². The van der Waals surface area contributed by atoms with E-state index in [1.807, 2.05) is 18.2 Å². The van der Waals surface area contributed by atoms with E-state index < -0.39 is 0 Å². The lowest BCUT2D eigenvalue weighted by Crippen LogP contribution is -2.21. The number of aliphatic hydroxyl groups excluding tert-OH is 1. The second-order valence-electron chi connectivity index (χ2n) is 8.89. The van der Waals surface area contributed by atoms with Crippen LogP contribution in [0.4, 0.5) is 0 Å². The van der Waals surface area contributed by atoms with E-state index in [-0.39, 0.29) is 6.10 Å². The summed E-state index contributed by atoms with van der Waals surface area (Å²) in [5.74, 6) is 3.45. The smallest absolute Gasteiger partial charge is 0.0818 e. The van der Waals surface area contributed by atoms with Gasteiger partial charge in [-0.15, -0.1) is 0 Å². The molecule has 1 N–H and O–H groups in total. The van der Waals surface area contributed by atoms with Crippen molar-refractivity contribution >= 4 is 0 Å². The Kier molecular flexibility index (Phi) is 7.40. The minimum Gasteiger partial charge on any atom is -0.388 e. The minimum absolute atomic E-state index is 0.254. The molecule has 1 atom stereocenters. The summed E-state index contributed by atoms with van der Waals surface area (Å²) < 4.78 is 0. The van der Waals surface area contributed by atoms with E-state index >= 15 is 0 Å². The fourth-order valence-corrected chi connectivity index (χ4v) is 5.40. The molecule has 0 spiro atoms. The predicted octanol–water partition coefficient (Wildman–Crippen LogP) is 6.91. The molecule has 0 aromatic heterocycles. The number of rotatable bonds is 7. The van der Waals surface area contributed by atoms with Crippen LogP contribution in [0.25, 0.3) is 0 Å². The van der Waals surface area contributed by atoms with Gasteiger partial charge in [-0.05, 0) is 42.1 Å². The van der Waals surface area contributed by atoms with Gasteiger partial charge in [-0.25, -0.2) is 0 Å². The Morgan fingerprint density at radius 2 is 1.24 bits per heavy atom. The highest BCUT2D eigenvalue weighted by Crippen LogP contribution is 2.40. The van der Waals surface area contributed by atoms with E-state index in [2.05, 4.69) is 19.1 Å². The van der Waals surface area contributed by atoms with Crippen molar-refractivity contribution in [1.29, 1.82) is 0 Å². The third-order valence-corrected chi connectivity index (χ3v) is 7.13. The molecule has 2 aliphatic rings. The molecule has 0 saturated heterocycles. The van der Waals surface area contributed by atoms with Gasteiger partial charge in [0, 0.05) is 0 Å². The molecule has 0 heterocycles. The summed E-state index contributed by atoms with van der Waals surface area (Å²) >= 11 is 0. The standard InChI is InChI=1S/C24H38O/c1-2-6-19-9-11-20(12-10-19)13-14-21-15-17-23(18-16-21)24(25)22-7-4-3-5-8-22/h3-5,7-8,19-21,23-25H,2,6,9-18H2,1H3. The van der Waals surface area contributed by atoms with Crippen LogP contribution in [0.15, 0.2) is 30.3 Å². The zero-order chi connectivity index (χ0) is 17.5. The molecule has 0 bridgehead atoms. The zero-order valence-corrected chi connectivity index (χ0v) is 16.2. The quantitative estimate of drug-likeness (QED) is 0.570. The Balaban J connectivity index is 1.34. The fraction of sp³-hybridized carbons (Fsp3) is 0.750. The maximum atomic E-state index is 10.6. The number of hydrogen-bond donors (Lipinski definition) is 1. The lowest BCUT2D eigenvalue weighted by Gasteiger charge is -2.33. The van der Waals surface area contributed by atoms with Crippen molar-refractivity contribution in [2.45, 2.75) is 90.1 Å². The van der Waals surface area contributed by atoms with Crippen molar-refractivity contribution in [2.75, 3.05) is 0 Å². The van der Waals surface area contributed by atoms with E-state index in [9.17, 15) is 5.11 Å². The first kappa shape index (κ1) is 19.0. The molecular formula is C24H38O. The second-order valence-corrected chi connectivity index (χ2v) is 8.89. The van der Waals surface area contributed by atoms with Crippen molar-refractivity contribution in [3.8, 4) is 0 Å². The summed E-state index contributed by atoms with van der Waals surface area (Å²) in [5, 5.41) is 10.6. The molecule has 0 radical (unpaired) electrons. The summed E-state index contributed by atoms with van der Waals surface area (Å²) in [4.78, 5) is 0. The van der Waals surface area contributed by atoms with Crippen LogP contribution in [-0.2, 0) is 0 Å². The van der Waals surface area contributed by atoms with E-state index in [0.717, 1.165) is 23.3 Å². The monoisotopic (exact) mass is 342 g/mol. The van der Waals surface area contributed by atoms with E-state index in [4.69, 9.17) is 0 Å². The van der Waals surface area contributed by atoms with Crippen LogP contribution in [0.5, 0.6) is 0 Å². The van der Waals surface area contributed by atoms with Gasteiger partial charge >= 0.3 is 0 Å². The van der Waals surface area contributed by atoms with E-state index in [1.165, 1.54) is 77.0 Å². The Morgan fingerprint density at radius 3 is 1.76 bits per heavy atom. The summed E-state index contributed by atoms with van der Waals surface area (Å²) in [7, 11) is 0. The number of aliphatic hydroxyl groups is 1. The van der Waals surface area contributed by atoms with Crippen LogP contribution in [0.2, 0.25) is 0 Å². The highest BCUT2D eigenvalue weighted by atomic mass is 16.3. The first-order valence-electron chi connectivity index (χ1n) is 11.0. The van der Waals surface area contributed by atoms with Crippen molar-refractivity contribution in [2.24, 2.45) is 23.7 Å².